The third kappa shape index (κ3) is 2.28. The van der Waals surface area contributed by atoms with E-state index in [1.807, 2.05) is 17.0 Å². The quantitative estimate of drug-likeness (QED) is 0.840. The van der Waals surface area contributed by atoms with Crippen molar-refractivity contribution in [3.8, 4) is 0 Å². The van der Waals surface area contributed by atoms with Crippen molar-refractivity contribution < 1.29 is 4.79 Å². The summed E-state index contributed by atoms with van der Waals surface area (Å²) < 4.78 is 0. The van der Waals surface area contributed by atoms with Crippen molar-refractivity contribution in [2.75, 3.05) is 29.9 Å². The Morgan fingerprint density at radius 1 is 1.50 bits per heavy atom. The van der Waals surface area contributed by atoms with E-state index in [0.29, 0.717) is 18.1 Å². The summed E-state index contributed by atoms with van der Waals surface area (Å²) >= 11 is 5.95. The molecule has 0 radical (unpaired) electrons. The molecular weight excluding hydrogens is 226 g/mol. The van der Waals surface area contributed by atoms with Crippen molar-refractivity contribution in [2.24, 2.45) is 5.73 Å². The van der Waals surface area contributed by atoms with Gasteiger partial charge in [0.25, 0.3) is 0 Å². The Morgan fingerprint density at radius 3 is 3.06 bits per heavy atom. The zero-order chi connectivity index (χ0) is 11.5. The number of amides is 1. The Balaban J connectivity index is 2.28. The van der Waals surface area contributed by atoms with Gasteiger partial charge in [-0.3, -0.25) is 4.79 Å². The smallest absolute Gasteiger partial charge is 0.243 e. The van der Waals surface area contributed by atoms with E-state index in [-0.39, 0.29) is 5.91 Å². The number of hydrogen-bond donors (Lipinski definition) is 2. The summed E-state index contributed by atoms with van der Waals surface area (Å²) in [6.07, 6.45) is 0.860. The van der Waals surface area contributed by atoms with Gasteiger partial charge in [-0.25, -0.2) is 0 Å². The minimum Gasteiger partial charge on any atom is -0.360 e. The van der Waals surface area contributed by atoms with Crippen LogP contribution in [0.2, 0.25) is 5.02 Å². The second kappa shape index (κ2) is 4.72. The van der Waals surface area contributed by atoms with Gasteiger partial charge in [0.2, 0.25) is 5.91 Å². The number of rotatable bonds is 3. The summed E-state index contributed by atoms with van der Waals surface area (Å²) in [6.45, 7) is 1.76. The Hall–Kier alpha value is -1.26. The van der Waals surface area contributed by atoms with E-state index in [2.05, 4.69) is 5.32 Å². The minimum atomic E-state index is 0.00634. The lowest BCUT2D eigenvalue weighted by molar-refractivity contribution is -0.115. The molecule has 5 heteroatoms. The molecule has 86 valence electrons. The zero-order valence-electron chi connectivity index (χ0n) is 8.87. The van der Waals surface area contributed by atoms with Crippen LogP contribution in [-0.2, 0) is 4.79 Å². The third-order valence-corrected chi connectivity index (χ3v) is 2.78. The van der Waals surface area contributed by atoms with E-state index >= 15 is 0 Å². The highest BCUT2D eigenvalue weighted by atomic mass is 35.5. The number of halogens is 1. The van der Waals surface area contributed by atoms with E-state index in [1.165, 1.54) is 0 Å². The van der Waals surface area contributed by atoms with Crippen LogP contribution in [-0.4, -0.2) is 25.5 Å². The number of nitrogens with zero attached hydrogens (tertiary/aromatic N) is 1. The summed E-state index contributed by atoms with van der Waals surface area (Å²) in [5, 5.41) is 3.50. The van der Waals surface area contributed by atoms with Crippen molar-refractivity contribution in [1.29, 1.82) is 0 Å². The summed E-state index contributed by atoms with van der Waals surface area (Å²) in [5.41, 5.74) is 7.27. The van der Waals surface area contributed by atoms with Gasteiger partial charge in [0, 0.05) is 11.6 Å². The number of nitrogens with two attached hydrogens (primary N) is 1. The Morgan fingerprint density at radius 2 is 2.31 bits per heavy atom. The fraction of sp³-hybridized carbons (Fsp3) is 0.364. The van der Waals surface area contributed by atoms with Gasteiger partial charge in [0.05, 0.1) is 17.9 Å². The Bertz CT molecular complexity index is 408. The van der Waals surface area contributed by atoms with E-state index < -0.39 is 0 Å². The van der Waals surface area contributed by atoms with Gasteiger partial charge in [0.1, 0.15) is 0 Å². The number of hydrogen-bond acceptors (Lipinski definition) is 3. The van der Waals surface area contributed by atoms with Crippen LogP contribution in [0.25, 0.3) is 0 Å². The third-order valence-electron chi connectivity index (χ3n) is 2.54. The van der Waals surface area contributed by atoms with Crippen LogP contribution in [0.15, 0.2) is 18.2 Å². The van der Waals surface area contributed by atoms with Gasteiger partial charge in [0.15, 0.2) is 0 Å². The molecule has 3 N–H and O–H groups in total. The molecule has 0 aliphatic carbocycles. The van der Waals surface area contributed by atoms with Crippen molar-refractivity contribution in [1.82, 2.24) is 0 Å². The van der Waals surface area contributed by atoms with E-state index in [9.17, 15) is 4.79 Å². The van der Waals surface area contributed by atoms with Gasteiger partial charge in [-0.1, -0.05) is 11.6 Å². The number of anilines is 2. The summed E-state index contributed by atoms with van der Waals surface area (Å²) in [7, 11) is 0. The molecule has 0 saturated heterocycles. The minimum absolute atomic E-state index is 0.00634. The number of carbonyl (C=O) groups is 1. The fourth-order valence-electron chi connectivity index (χ4n) is 1.80. The molecule has 4 nitrogen and oxygen atoms in total. The van der Waals surface area contributed by atoms with Crippen LogP contribution in [0.5, 0.6) is 0 Å². The maximum absolute atomic E-state index is 11.5. The highest BCUT2D eigenvalue weighted by Gasteiger charge is 2.21. The van der Waals surface area contributed by atoms with Crippen molar-refractivity contribution >= 4 is 28.9 Å². The molecule has 16 heavy (non-hydrogen) atoms. The molecule has 1 aliphatic heterocycles. The molecule has 1 amide bonds. The Labute approximate surface area is 99.4 Å². The topological polar surface area (TPSA) is 58.4 Å². The molecule has 0 bridgehead atoms. The largest absolute Gasteiger partial charge is 0.360 e. The first-order valence-corrected chi connectivity index (χ1v) is 5.63. The van der Waals surface area contributed by atoms with E-state index in [1.54, 1.807) is 6.07 Å². The SMILES string of the molecule is NCCCN1CC(=O)Nc2ccc(Cl)cc21. The molecule has 0 unspecified atom stereocenters. The lowest BCUT2D eigenvalue weighted by Gasteiger charge is -2.30. The average molecular weight is 240 g/mol. The van der Waals surface area contributed by atoms with Crippen molar-refractivity contribution in [2.45, 2.75) is 6.42 Å². The van der Waals surface area contributed by atoms with Crippen LogP contribution in [0.4, 0.5) is 11.4 Å². The first-order valence-electron chi connectivity index (χ1n) is 5.25. The first-order chi connectivity index (χ1) is 7.70. The molecule has 1 heterocycles. The Kier molecular flexibility index (Phi) is 3.31. The molecule has 0 spiro atoms. The van der Waals surface area contributed by atoms with Gasteiger partial charge >= 0.3 is 0 Å². The molecule has 1 aromatic carbocycles. The number of fused-ring (bicyclic) bond motifs is 1. The monoisotopic (exact) mass is 239 g/mol. The molecule has 1 aliphatic rings. The summed E-state index contributed by atoms with van der Waals surface area (Å²) in [5.74, 6) is 0.00634. The molecule has 1 aromatic rings. The van der Waals surface area contributed by atoms with Crippen LogP contribution < -0.4 is 16.0 Å². The molecule has 0 atom stereocenters. The van der Waals surface area contributed by atoms with Gasteiger partial charge in [-0.15, -0.1) is 0 Å². The molecule has 0 saturated carbocycles. The van der Waals surface area contributed by atoms with E-state index in [0.717, 1.165) is 24.3 Å². The lowest BCUT2D eigenvalue weighted by Crippen LogP contribution is -2.39. The maximum Gasteiger partial charge on any atom is 0.243 e. The summed E-state index contributed by atoms with van der Waals surface area (Å²) in [6, 6.07) is 5.46. The van der Waals surface area contributed by atoms with Crippen LogP contribution in [0, 0.1) is 0 Å². The fourth-order valence-corrected chi connectivity index (χ4v) is 1.97. The van der Waals surface area contributed by atoms with Crippen LogP contribution in [0.1, 0.15) is 6.42 Å². The average Bonchev–Trinajstić information content (AvgIpc) is 2.26. The maximum atomic E-state index is 11.5. The van der Waals surface area contributed by atoms with Gasteiger partial charge in [-0.2, -0.15) is 0 Å². The van der Waals surface area contributed by atoms with Gasteiger partial charge < -0.3 is 16.0 Å². The highest BCUT2D eigenvalue weighted by Crippen LogP contribution is 2.31. The normalized spacial score (nSPS) is 14.6. The van der Waals surface area contributed by atoms with Crippen molar-refractivity contribution in [3.05, 3.63) is 23.2 Å². The molecular formula is C11H14ClN3O. The second-order valence-corrected chi connectivity index (χ2v) is 4.21. The predicted molar refractivity (Wildman–Crippen MR) is 66.0 cm³/mol. The number of nitrogens with one attached hydrogen (secondary N) is 1. The first kappa shape index (κ1) is 11.2. The van der Waals surface area contributed by atoms with Crippen LogP contribution >= 0.6 is 11.6 Å². The molecule has 0 fully saturated rings. The number of carbonyl (C=O) groups excluding carboxylic acids is 1. The predicted octanol–water partition coefficient (Wildman–Crippen LogP) is 1.45. The van der Waals surface area contributed by atoms with E-state index in [4.69, 9.17) is 17.3 Å². The highest BCUT2D eigenvalue weighted by molar-refractivity contribution is 6.31. The van der Waals surface area contributed by atoms with Crippen LogP contribution in [0.3, 0.4) is 0 Å². The lowest BCUT2D eigenvalue weighted by atomic mass is 10.2. The summed E-state index contributed by atoms with van der Waals surface area (Å²) in [4.78, 5) is 13.5. The van der Waals surface area contributed by atoms with Gasteiger partial charge in [-0.05, 0) is 31.2 Å². The standard InChI is InChI=1S/C11H14ClN3O/c12-8-2-3-9-10(6-8)15(5-1-4-13)7-11(16)14-9/h2-3,6H,1,4-5,7,13H2,(H,14,16). The zero-order valence-corrected chi connectivity index (χ0v) is 9.63. The number of benzene rings is 1. The molecule has 2 rings (SSSR count). The second-order valence-electron chi connectivity index (χ2n) is 3.77. The molecule has 0 aromatic heterocycles. The van der Waals surface area contributed by atoms with Crippen molar-refractivity contribution in [3.63, 3.8) is 0 Å².